The lowest BCUT2D eigenvalue weighted by atomic mass is 9.98. The Morgan fingerprint density at radius 2 is 1.62 bits per heavy atom. The molecule has 0 aromatic heterocycles. The molecule has 1 aliphatic carbocycles. The molecule has 2 aromatic rings. The minimum Gasteiger partial charge on any atom is -0.481 e. The van der Waals surface area contributed by atoms with Crippen LogP contribution in [0.4, 0.5) is 4.79 Å². The van der Waals surface area contributed by atoms with Crippen molar-refractivity contribution >= 4 is 41.2 Å². The number of ether oxygens (including phenoxy) is 1. The van der Waals surface area contributed by atoms with Crippen molar-refractivity contribution in [1.29, 1.82) is 0 Å². The fraction of sp³-hybridized carbons (Fsp3) is 0.261. The summed E-state index contributed by atoms with van der Waals surface area (Å²) in [6.45, 7) is 0.120. The monoisotopic (exact) mass is 476 g/mol. The quantitative estimate of drug-likeness (QED) is 0.503. The summed E-state index contributed by atoms with van der Waals surface area (Å²) in [6, 6.07) is 14.8. The van der Waals surface area contributed by atoms with Crippen molar-refractivity contribution in [2.45, 2.75) is 24.8 Å². The first kappa shape index (κ1) is 23.6. The normalized spacial score (nSPS) is 12.8. The Balaban J connectivity index is 1.64. The van der Waals surface area contributed by atoms with Gasteiger partial charge < -0.3 is 20.5 Å². The number of hydrogen-bond acceptors (Lipinski definition) is 4. The van der Waals surface area contributed by atoms with Gasteiger partial charge in [-0.3, -0.25) is 9.59 Å². The van der Waals surface area contributed by atoms with E-state index in [0.717, 1.165) is 22.3 Å². The van der Waals surface area contributed by atoms with E-state index in [2.05, 4.69) is 10.6 Å². The molecule has 3 N–H and O–H groups in total. The molecule has 2 aromatic carbocycles. The molecule has 1 aliphatic rings. The number of amides is 2. The largest absolute Gasteiger partial charge is 0.481 e. The highest BCUT2D eigenvalue weighted by Crippen LogP contribution is 2.44. The number of carboxylic acids is 1. The summed E-state index contributed by atoms with van der Waals surface area (Å²) in [5, 5.41) is 13.9. The SMILES string of the molecule is O=C(O)CCC(NC(=O)OCC1c2ccccc2-c2ccccc21)C(=O)NCC=C(Cl)Cl. The van der Waals surface area contributed by atoms with Gasteiger partial charge in [0, 0.05) is 18.9 Å². The van der Waals surface area contributed by atoms with Crippen LogP contribution in [0, 0.1) is 0 Å². The molecule has 0 saturated carbocycles. The summed E-state index contributed by atoms with van der Waals surface area (Å²) in [5.74, 6) is -1.78. The number of alkyl carbamates (subject to hydrolysis) is 1. The third-order valence-corrected chi connectivity index (χ3v) is 5.44. The molecule has 0 saturated heterocycles. The molecule has 0 spiro atoms. The third-order valence-electron chi connectivity index (χ3n) is 5.13. The number of carbonyl (C=O) groups excluding carboxylic acids is 2. The lowest BCUT2D eigenvalue weighted by Crippen LogP contribution is -2.47. The van der Waals surface area contributed by atoms with Gasteiger partial charge in [-0.15, -0.1) is 0 Å². The molecule has 168 valence electrons. The molecule has 0 aliphatic heterocycles. The minimum absolute atomic E-state index is 0.0168. The Hall–Kier alpha value is -3.03. The van der Waals surface area contributed by atoms with E-state index in [1.54, 1.807) is 0 Å². The number of fused-ring (bicyclic) bond motifs is 3. The molecule has 2 amide bonds. The molecule has 3 rings (SSSR count). The van der Waals surface area contributed by atoms with Gasteiger partial charge in [-0.2, -0.15) is 0 Å². The van der Waals surface area contributed by atoms with Crippen molar-refractivity contribution in [3.05, 3.63) is 70.2 Å². The van der Waals surface area contributed by atoms with E-state index in [4.69, 9.17) is 33.0 Å². The zero-order valence-corrected chi connectivity index (χ0v) is 18.5. The van der Waals surface area contributed by atoms with Crippen LogP contribution in [0.5, 0.6) is 0 Å². The highest BCUT2D eigenvalue weighted by Gasteiger charge is 2.29. The number of carboxylic acid groups (broad SMARTS) is 1. The number of nitrogens with one attached hydrogen (secondary N) is 2. The van der Waals surface area contributed by atoms with Crippen LogP contribution in [0.15, 0.2) is 59.1 Å². The summed E-state index contributed by atoms with van der Waals surface area (Å²) in [7, 11) is 0. The summed E-state index contributed by atoms with van der Waals surface area (Å²) < 4.78 is 5.42. The van der Waals surface area contributed by atoms with E-state index in [9.17, 15) is 14.4 Å². The predicted octanol–water partition coefficient (Wildman–Crippen LogP) is 4.19. The summed E-state index contributed by atoms with van der Waals surface area (Å²) in [6.07, 6.45) is 0.170. The second kappa shape index (κ2) is 11.0. The Bertz CT molecular complexity index is 991. The number of rotatable bonds is 9. The molecule has 1 unspecified atom stereocenters. The van der Waals surface area contributed by atoms with E-state index in [1.807, 2.05) is 48.5 Å². The van der Waals surface area contributed by atoms with Crippen LogP contribution < -0.4 is 10.6 Å². The molecule has 0 bridgehead atoms. The number of hydrogen-bond donors (Lipinski definition) is 3. The maximum atomic E-state index is 12.5. The van der Waals surface area contributed by atoms with Gasteiger partial charge in [0.1, 0.15) is 17.1 Å². The first-order chi connectivity index (χ1) is 15.4. The van der Waals surface area contributed by atoms with Crippen LogP contribution in [0.1, 0.15) is 29.9 Å². The van der Waals surface area contributed by atoms with Crippen molar-refractivity contribution in [3.8, 4) is 11.1 Å². The lowest BCUT2D eigenvalue weighted by Gasteiger charge is -2.19. The molecule has 32 heavy (non-hydrogen) atoms. The molecule has 9 heteroatoms. The number of halogens is 2. The second-order valence-corrected chi connectivity index (χ2v) is 8.20. The lowest BCUT2D eigenvalue weighted by molar-refractivity contribution is -0.137. The fourth-order valence-corrected chi connectivity index (χ4v) is 3.83. The molecule has 7 nitrogen and oxygen atoms in total. The average molecular weight is 477 g/mol. The number of aliphatic carboxylic acids is 1. The number of benzene rings is 2. The smallest absolute Gasteiger partial charge is 0.407 e. The third kappa shape index (κ3) is 6.02. The van der Waals surface area contributed by atoms with Crippen LogP contribution in [0.25, 0.3) is 11.1 Å². The molecule has 0 fully saturated rings. The highest BCUT2D eigenvalue weighted by atomic mass is 35.5. The predicted molar refractivity (Wildman–Crippen MR) is 122 cm³/mol. The molecule has 0 radical (unpaired) electrons. The Labute approximate surface area is 195 Å². The van der Waals surface area contributed by atoms with E-state index in [1.165, 1.54) is 6.08 Å². The average Bonchev–Trinajstić information content (AvgIpc) is 3.08. The molecular weight excluding hydrogens is 455 g/mol. The summed E-state index contributed by atoms with van der Waals surface area (Å²) in [4.78, 5) is 35.8. The van der Waals surface area contributed by atoms with Crippen LogP contribution in [0.2, 0.25) is 0 Å². The number of carbonyl (C=O) groups is 3. The van der Waals surface area contributed by atoms with Crippen molar-refractivity contribution in [2.24, 2.45) is 0 Å². The van der Waals surface area contributed by atoms with Gasteiger partial charge in [0.2, 0.25) is 5.91 Å². The van der Waals surface area contributed by atoms with Crippen LogP contribution in [-0.2, 0) is 14.3 Å². The van der Waals surface area contributed by atoms with Gasteiger partial charge in [-0.05, 0) is 34.8 Å². The zero-order chi connectivity index (χ0) is 23.1. The van der Waals surface area contributed by atoms with Gasteiger partial charge in [-0.1, -0.05) is 71.7 Å². The van der Waals surface area contributed by atoms with E-state index in [-0.39, 0.29) is 36.4 Å². The van der Waals surface area contributed by atoms with Crippen molar-refractivity contribution in [1.82, 2.24) is 10.6 Å². The topological polar surface area (TPSA) is 105 Å². The molecule has 0 heterocycles. The minimum atomic E-state index is -1.08. The van der Waals surface area contributed by atoms with Crippen molar-refractivity contribution in [2.75, 3.05) is 13.2 Å². The van der Waals surface area contributed by atoms with Gasteiger partial charge in [-0.25, -0.2) is 4.79 Å². The Morgan fingerprint density at radius 3 is 2.19 bits per heavy atom. The van der Waals surface area contributed by atoms with Gasteiger partial charge in [0.15, 0.2) is 0 Å². The van der Waals surface area contributed by atoms with E-state index in [0.29, 0.717) is 0 Å². The van der Waals surface area contributed by atoms with Crippen LogP contribution >= 0.6 is 23.2 Å². The molecular formula is C23H22Cl2N2O5. The highest BCUT2D eigenvalue weighted by molar-refractivity contribution is 6.55. The maximum absolute atomic E-state index is 12.5. The Morgan fingerprint density at radius 1 is 1.03 bits per heavy atom. The first-order valence-corrected chi connectivity index (χ1v) is 10.7. The zero-order valence-electron chi connectivity index (χ0n) is 17.0. The Kier molecular flexibility index (Phi) is 8.14. The van der Waals surface area contributed by atoms with Gasteiger partial charge in [0.25, 0.3) is 0 Å². The van der Waals surface area contributed by atoms with Crippen LogP contribution in [-0.4, -0.2) is 42.3 Å². The maximum Gasteiger partial charge on any atom is 0.407 e. The standard InChI is InChI=1S/C23H22Cl2N2O5/c24-20(25)11-12-26-22(30)19(9-10-21(28)29)27-23(31)32-13-18-16-7-3-1-5-14(16)15-6-2-4-8-17(15)18/h1-8,11,18-19H,9-10,12-13H2,(H,26,30)(H,27,31)(H,28,29). The second-order valence-electron chi connectivity index (χ2n) is 7.19. The van der Waals surface area contributed by atoms with Gasteiger partial charge >= 0.3 is 12.1 Å². The van der Waals surface area contributed by atoms with Crippen molar-refractivity contribution in [3.63, 3.8) is 0 Å². The summed E-state index contributed by atoms with van der Waals surface area (Å²) >= 11 is 11.0. The van der Waals surface area contributed by atoms with E-state index >= 15 is 0 Å². The van der Waals surface area contributed by atoms with E-state index < -0.39 is 24.0 Å². The fourth-order valence-electron chi connectivity index (χ4n) is 3.67. The first-order valence-electron chi connectivity index (χ1n) is 9.99. The summed E-state index contributed by atoms with van der Waals surface area (Å²) in [5.41, 5.74) is 4.32. The molecule has 1 atom stereocenters. The van der Waals surface area contributed by atoms with Crippen molar-refractivity contribution < 1.29 is 24.2 Å². The van der Waals surface area contributed by atoms with Crippen LogP contribution in [0.3, 0.4) is 0 Å². The van der Waals surface area contributed by atoms with Gasteiger partial charge in [0.05, 0.1) is 0 Å².